The molecular formula is C18H22N2OS. The van der Waals surface area contributed by atoms with E-state index < -0.39 is 0 Å². The lowest BCUT2D eigenvalue weighted by molar-refractivity contribution is -0.118. The summed E-state index contributed by atoms with van der Waals surface area (Å²) in [6.07, 6.45) is 8.64. The zero-order valence-corrected chi connectivity index (χ0v) is 13.6. The van der Waals surface area contributed by atoms with E-state index in [2.05, 4.69) is 28.3 Å². The van der Waals surface area contributed by atoms with E-state index in [9.17, 15) is 4.79 Å². The number of fused-ring (bicyclic) bond motifs is 1. The second-order valence-electron chi connectivity index (χ2n) is 5.95. The lowest BCUT2D eigenvalue weighted by atomic mass is 10.0. The van der Waals surface area contributed by atoms with Crippen LogP contribution in [0.3, 0.4) is 0 Å². The molecule has 0 aliphatic heterocycles. The van der Waals surface area contributed by atoms with E-state index in [0.717, 1.165) is 27.4 Å². The standard InChI is InChI=1S/C18H22N2OS/c1-2-13-20-15-9-5-6-10-16(15)22-18(20)19-17(21)12-11-14-7-3-4-8-14/h2,5-6,9-10,14H,1,3-4,7-8,11-13H2. The van der Waals surface area contributed by atoms with Crippen LogP contribution in [0.4, 0.5) is 0 Å². The number of allylic oxidation sites excluding steroid dienone is 1. The summed E-state index contributed by atoms with van der Waals surface area (Å²) in [6.45, 7) is 4.49. The van der Waals surface area contributed by atoms with Crippen molar-refractivity contribution in [3.63, 3.8) is 0 Å². The first-order valence-electron chi connectivity index (χ1n) is 8.05. The van der Waals surface area contributed by atoms with E-state index in [4.69, 9.17) is 0 Å². The summed E-state index contributed by atoms with van der Waals surface area (Å²) in [4.78, 5) is 17.4. The van der Waals surface area contributed by atoms with Crippen LogP contribution >= 0.6 is 11.3 Å². The Bertz CT molecular complexity index is 735. The van der Waals surface area contributed by atoms with Crippen LogP contribution in [0.5, 0.6) is 0 Å². The molecule has 0 atom stereocenters. The monoisotopic (exact) mass is 314 g/mol. The Labute approximate surface area is 135 Å². The number of rotatable bonds is 5. The summed E-state index contributed by atoms with van der Waals surface area (Å²) in [6, 6.07) is 8.17. The molecule has 1 saturated carbocycles. The van der Waals surface area contributed by atoms with Crippen molar-refractivity contribution >= 4 is 27.5 Å². The average molecular weight is 314 g/mol. The third kappa shape index (κ3) is 3.38. The maximum Gasteiger partial charge on any atom is 0.248 e. The van der Waals surface area contributed by atoms with Crippen LogP contribution in [0.15, 0.2) is 41.9 Å². The van der Waals surface area contributed by atoms with Crippen LogP contribution in [-0.4, -0.2) is 10.5 Å². The van der Waals surface area contributed by atoms with Crippen LogP contribution in [0.25, 0.3) is 10.2 Å². The predicted octanol–water partition coefficient (Wildman–Crippen LogP) is 4.29. The molecule has 0 unspecified atom stereocenters. The van der Waals surface area contributed by atoms with E-state index >= 15 is 0 Å². The second kappa shape index (κ2) is 7.05. The number of para-hydroxylation sites is 1. The summed E-state index contributed by atoms with van der Waals surface area (Å²) in [5, 5.41) is 0. The molecule has 3 nitrogen and oxygen atoms in total. The van der Waals surface area contributed by atoms with Gasteiger partial charge in [0.25, 0.3) is 0 Å². The number of aromatic nitrogens is 1. The zero-order chi connectivity index (χ0) is 15.4. The maximum atomic E-state index is 12.2. The Hall–Kier alpha value is -1.68. The zero-order valence-electron chi connectivity index (χ0n) is 12.8. The normalized spacial score (nSPS) is 16.5. The van der Waals surface area contributed by atoms with E-state index in [0.29, 0.717) is 13.0 Å². The van der Waals surface area contributed by atoms with Crippen LogP contribution in [-0.2, 0) is 11.3 Å². The van der Waals surface area contributed by atoms with Crippen molar-refractivity contribution in [2.24, 2.45) is 10.9 Å². The molecule has 0 saturated heterocycles. The fraction of sp³-hybridized carbons (Fsp3) is 0.444. The van der Waals surface area contributed by atoms with Gasteiger partial charge in [0.2, 0.25) is 5.91 Å². The Morgan fingerprint density at radius 1 is 1.36 bits per heavy atom. The van der Waals surface area contributed by atoms with Crippen LogP contribution < -0.4 is 4.80 Å². The Kier molecular flexibility index (Phi) is 4.88. The fourth-order valence-corrected chi connectivity index (χ4v) is 4.26. The highest BCUT2D eigenvalue weighted by molar-refractivity contribution is 7.16. The minimum absolute atomic E-state index is 0.0104. The minimum Gasteiger partial charge on any atom is -0.313 e. The summed E-state index contributed by atoms with van der Waals surface area (Å²) < 4.78 is 3.23. The van der Waals surface area contributed by atoms with Gasteiger partial charge in [0.1, 0.15) is 0 Å². The third-order valence-electron chi connectivity index (χ3n) is 4.36. The molecule has 1 aliphatic rings. The van der Waals surface area contributed by atoms with Gasteiger partial charge in [-0.1, -0.05) is 55.2 Å². The Balaban J connectivity index is 1.82. The largest absolute Gasteiger partial charge is 0.313 e. The van der Waals surface area contributed by atoms with Crippen molar-refractivity contribution in [3.8, 4) is 0 Å². The van der Waals surface area contributed by atoms with Gasteiger partial charge in [0.05, 0.1) is 10.2 Å². The molecule has 1 amide bonds. The van der Waals surface area contributed by atoms with Gasteiger partial charge in [-0.05, 0) is 24.5 Å². The molecular weight excluding hydrogens is 292 g/mol. The topological polar surface area (TPSA) is 34.4 Å². The lowest BCUT2D eigenvalue weighted by Crippen LogP contribution is -2.16. The second-order valence-corrected chi connectivity index (χ2v) is 6.96. The molecule has 2 aromatic rings. The van der Waals surface area contributed by atoms with Gasteiger partial charge in [-0.25, -0.2) is 0 Å². The van der Waals surface area contributed by atoms with Crippen molar-refractivity contribution in [1.29, 1.82) is 0 Å². The van der Waals surface area contributed by atoms with Crippen molar-refractivity contribution in [1.82, 2.24) is 4.57 Å². The van der Waals surface area contributed by atoms with Gasteiger partial charge in [0.15, 0.2) is 4.80 Å². The van der Waals surface area contributed by atoms with Crippen molar-refractivity contribution in [2.75, 3.05) is 0 Å². The number of thiazole rings is 1. The molecule has 0 spiro atoms. The Morgan fingerprint density at radius 2 is 2.14 bits per heavy atom. The molecule has 0 bridgehead atoms. The molecule has 1 fully saturated rings. The number of hydrogen-bond acceptors (Lipinski definition) is 2. The molecule has 22 heavy (non-hydrogen) atoms. The van der Waals surface area contributed by atoms with E-state index in [1.807, 2.05) is 18.2 Å². The Morgan fingerprint density at radius 3 is 2.91 bits per heavy atom. The summed E-state index contributed by atoms with van der Waals surface area (Å²) >= 11 is 1.58. The molecule has 0 N–H and O–H groups in total. The first kappa shape index (κ1) is 15.2. The number of benzene rings is 1. The van der Waals surface area contributed by atoms with Gasteiger partial charge >= 0.3 is 0 Å². The number of nitrogens with zero attached hydrogens (tertiary/aromatic N) is 2. The molecule has 1 aromatic heterocycles. The molecule has 1 aromatic carbocycles. The molecule has 116 valence electrons. The first-order chi connectivity index (χ1) is 10.8. The highest BCUT2D eigenvalue weighted by atomic mass is 32.1. The predicted molar refractivity (Wildman–Crippen MR) is 91.8 cm³/mol. The maximum absolute atomic E-state index is 12.2. The number of amides is 1. The highest BCUT2D eigenvalue weighted by Gasteiger charge is 2.16. The van der Waals surface area contributed by atoms with E-state index in [1.165, 1.54) is 25.7 Å². The van der Waals surface area contributed by atoms with Crippen molar-refractivity contribution in [3.05, 3.63) is 41.7 Å². The van der Waals surface area contributed by atoms with E-state index in [1.54, 1.807) is 11.3 Å². The van der Waals surface area contributed by atoms with Gasteiger partial charge in [0, 0.05) is 13.0 Å². The summed E-state index contributed by atoms with van der Waals surface area (Å²) in [5.74, 6) is 0.748. The van der Waals surface area contributed by atoms with Gasteiger partial charge in [-0.2, -0.15) is 4.99 Å². The summed E-state index contributed by atoms with van der Waals surface area (Å²) in [7, 11) is 0. The van der Waals surface area contributed by atoms with E-state index in [-0.39, 0.29) is 5.91 Å². The average Bonchev–Trinajstić information content (AvgIpc) is 3.14. The quantitative estimate of drug-likeness (QED) is 0.758. The lowest BCUT2D eigenvalue weighted by Gasteiger charge is -2.05. The van der Waals surface area contributed by atoms with Gasteiger partial charge < -0.3 is 4.57 Å². The molecule has 3 rings (SSSR count). The molecule has 1 heterocycles. The number of hydrogen-bond donors (Lipinski definition) is 0. The molecule has 0 radical (unpaired) electrons. The van der Waals surface area contributed by atoms with Gasteiger partial charge in [-0.3, -0.25) is 4.79 Å². The third-order valence-corrected chi connectivity index (χ3v) is 5.42. The van der Waals surface area contributed by atoms with Gasteiger partial charge in [-0.15, -0.1) is 6.58 Å². The summed E-state index contributed by atoms with van der Waals surface area (Å²) in [5.41, 5.74) is 1.12. The van der Waals surface area contributed by atoms with Crippen LogP contribution in [0.1, 0.15) is 38.5 Å². The van der Waals surface area contributed by atoms with Crippen LogP contribution in [0, 0.1) is 5.92 Å². The van der Waals surface area contributed by atoms with Crippen molar-refractivity contribution < 1.29 is 4.79 Å². The van der Waals surface area contributed by atoms with Crippen molar-refractivity contribution in [2.45, 2.75) is 45.1 Å². The SMILES string of the molecule is C=CCn1c(=NC(=O)CCC2CCCC2)sc2ccccc21. The van der Waals surface area contributed by atoms with Crippen LogP contribution in [0.2, 0.25) is 0 Å². The number of carbonyl (C=O) groups excluding carboxylic acids is 1. The fourth-order valence-electron chi connectivity index (χ4n) is 3.20. The number of carbonyl (C=O) groups is 1. The highest BCUT2D eigenvalue weighted by Crippen LogP contribution is 2.28. The first-order valence-corrected chi connectivity index (χ1v) is 8.86. The molecule has 4 heteroatoms. The molecule has 1 aliphatic carbocycles. The minimum atomic E-state index is 0.0104. The smallest absolute Gasteiger partial charge is 0.248 e.